The smallest absolute Gasteiger partial charge is 0.0436 e. The molecule has 0 N–H and O–H groups in total. The molecule has 0 aromatic heterocycles. The van der Waals surface area contributed by atoms with Gasteiger partial charge in [0.2, 0.25) is 0 Å². The van der Waals surface area contributed by atoms with Gasteiger partial charge in [-0.2, -0.15) is 0 Å². The second-order valence-corrected chi connectivity index (χ2v) is 9.10. The second kappa shape index (κ2) is 7.10. The maximum atomic E-state index is 2.60. The van der Waals surface area contributed by atoms with Gasteiger partial charge in [-0.15, -0.1) is 0 Å². The lowest BCUT2D eigenvalue weighted by atomic mass is 9.71. The van der Waals surface area contributed by atoms with Crippen molar-refractivity contribution >= 4 is 5.69 Å². The summed E-state index contributed by atoms with van der Waals surface area (Å²) in [7, 11) is 2.33. The molecule has 4 atom stereocenters. The van der Waals surface area contributed by atoms with Crippen LogP contribution in [0.5, 0.6) is 0 Å². The van der Waals surface area contributed by atoms with Crippen LogP contribution in [0.25, 0.3) is 0 Å². The molecule has 1 unspecified atom stereocenters. The average molecular weight is 330 g/mol. The van der Waals surface area contributed by atoms with Gasteiger partial charge in [-0.3, -0.25) is 0 Å². The summed E-state index contributed by atoms with van der Waals surface area (Å²) in [5.74, 6) is 3.38. The second-order valence-electron chi connectivity index (χ2n) is 9.10. The Morgan fingerprint density at radius 1 is 1.04 bits per heavy atom. The van der Waals surface area contributed by atoms with E-state index in [9.17, 15) is 0 Å². The molecule has 0 saturated carbocycles. The Bertz CT molecular complexity index is 584. The first-order chi connectivity index (χ1) is 11.1. The van der Waals surface area contributed by atoms with E-state index < -0.39 is 0 Å². The molecule has 1 heterocycles. The lowest BCUT2D eigenvalue weighted by Gasteiger charge is -2.44. The average Bonchev–Trinajstić information content (AvgIpc) is 2.51. The predicted molar refractivity (Wildman–Crippen MR) is 108 cm³/mol. The highest BCUT2D eigenvalue weighted by molar-refractivity contribution is 5.67. The summed E-state index contributed by atoms with van der Waals surface area (Å²) in [6, 6.07) is 3.05. The molecule has 1 nitrogen and oxygen atoms in total. The molecule has 0 bridgehead atoms. The Morgan fingerprint density at radius 2 is 1.62 bits per heavy atom. The molecule has 0 aliphatic carbocycles. The van der Waals surface area contributed by atoms with E-state index in [-0.39, 0.29) is 0 Å². The van der Waals surface area contributed by atoms with Gasteiger partial charge in [0.1, 0.15) is 0 Å². The molecular weight excluding hydrogens is 290 g/mol. The topological polar surface area (TPSA) is 3.24 Å². The van der Waals surface area contributed by atoms with Crippen LogP contribution in [0.3, 0.4) is 0 Å². The summed E-state index contributed by atoms with van der Waals surface area (Å²) in [6.07, 6.45) is 1.31. The number of hydrogen-bond acceptors (Lipinski definition) is 1. The van der Waals surface area contributed by atoms with Gasteiger partial charge >= 0.3 is 0 Å². The number of benzene rings is 1. The largest absolute Gasteiger partial charge is 0.371 e. The van der Waals surface area contributed by atoms with E-state index in [2.05, 4.69) is 80.3 Å². The summed E-state index contributed by atoms with van der Waals surface area (Å²) < 4.78 is 0. The molecule has 1 aromatic carbocycles. The van der Waals surface area contributed by atoms with E-state index in [1.807, 2.05) is 0 Å². The molecule has 0 saturated heterocycles. The lowest BCUT2D eigenvalue weighted by Crippen LogP contribution is -2.41. The Kier molecular flexibility index (Phi) is 5.72. The van der Waals surface area contributed by atoms with Gasteiger partial charge in [-0.25, -0.2) is 0 Å². The molecule has 24 heavy (non-hydrogen) atoms. The maximum Gasteiger partial charge on any atom is 0.0436 e. The van der Waals surface area contributed by atoms with Crippen LogP contribution >= 0.6 is 0 Å². The standard InChI is InChI=1S/C23H39N/c1-13(2)20-11-15(5)17(7)19(9)24(10)23-18(8)16(6)12-21(14(3)4)22(20)23/h12-15,17,19-20H,11H2,1-10H3/t15-,17-,19-,20?/m1/s1. The van der Waals surface area contributed by atoms with Crippen molar-refractivity contribution in [1.82, 2.24) is 0 Å². The highest BCUT2D eigenvalue weighted by atomic mass is 15.1. The van der Waals surface area contributed by atoms with Crippen LogP contribution in [0.15, 0.2) is 6.07 Å². The third kappa shape index (κ3) is 3.24. The zero-order valence-electron chi connectivity index (χ0n) is 17.7. The maximum absolute atomic E-state index is 2.60. The molecule has 2 rings (SSSR count). The first kappa shape index (κ1) is 19.3. The van der Waals surface area contributed by atoms with Crippen molar-refractivity contribution in [2.75, 3.05) is 11.9 Å². The van der Waals surface area contributed by atoms with Crippen LogP contribution in [0.1, 0.15) is 89.0 Å². The van der Waals surface area contributed by atoms with Crippen LogP contribution in [-0.2, 0) is 0 Å². The normalized spacial score (nSPS) is 28.1. The van der Waals surface area contributed by atoms with Crippen LogP contribution in [0.4, 0.5) is 5.69 Å². The first-order valence-electron chi connectivity index (χ1n) is 9.94. The van der Waals surface area contributed by atoms with E-state index in [1.54, 1.807) is 11.1 Å². The predicted octanol–water partition coefficient (Wildman–Crippen LogP) is 6.67. The Morgan fingerprint density at radius 3 is 2.12 bits per heavy atom. The van der Waals surface area contributed by atoms with Crippen molar-refractivity contribution in [2.24, 2.45) is 17.8 Å². The monoisotopic (exact) mass is 329 g/mol. The third-order valence-corrected chi connectivity index (χ3v) is 6.93. The van der Waals surface area contributed by atoms with Gasteiger partial charge in [0, 0.05) is 18.8 Å². The van der Waals surface area contributed by atoms with Crippen molar-refractivity contribution in [3.05, 3.63) is 28.3 Å². The molecule has 0 amide bonds. The quantitative estimate of drug-likeness (QED) is 0.586. The van der Waals surface area contributed by atoms with E-state index in [0.717, 1.165) is 5.92 Å². The summed E-state index contributed by atoms with van der Waals surface area (Å²) in [6.45, 7) is 21.5. The zero-order chi connectivity index (χ0) is 18.3. The molecule has 136 valence electrons. The molecule has 1 aliphatic heterocycles. The van der Waals surface area contributed by atoms with Gasteiger partial charge in [-0.1, -0.05) is 47.6 Å². The van der Waals surface area contributed by atoms with Crippen molar-refractivity contribution in [3.8, 4) is 0 Å². The van der Waals surface area contributed by atoms with E-state index >= 15 is 0 Å². The summed E-state index contributed by atoms with van der Waals surface area (Å²) in [5, 5.41) is 0. The lowest BCUT2D eigenvalue weighted by molar-refractivity contribution is 0.266. The Balaban J connectivity index is 2.83. The summed E-state index contributed by atoms with van der Waals surface area (Å²) >= 11 is 0. The van der Waals surface area contributed by atoms with Gasteiger partial charge in [0.25, 0.3) is 0 Å². The molecule has 1 heteroatoms. The minimum atomic E-state index is 0.576. The fraction of sp³-hybridized carbons (Fsp3) is 0.739. The molecule has 1 aliphatic rings. The highest BCUT2D eigenvalue weighted by Crippen LogP contribution is 2.47. The molecule has 0 spiro atoms. The van der Waals surface area contributed by atoms with E-state index in [1.165, 1.54) is 23.2 Å². The fourth-order valence-electron chi connectivity index (χ4n) is 4.64. The number of anilines is 1. The van der Waals surface area contributed by atoms with E-state index in [4.69, 9.17) is 0 Å². The first-order valence-corrected chi connectivity index (χ1v) is 9.94. The van der Waals surface area contributed by atoms with Gasteiger partial charge in [0.15, 0.2) is 0 Å². The van der Waals surface area contributed by atoms with Crippen LogP contribution in [0.2, 0.25) is 0 Å². The van der Waals surface area contributed by atoms with Crippen LogP contribution < -0.4 is 4.90 Å². The molecule has 1 aromatic rings. The number of aryl methyl sites for hydroxylation is 1. The zero-order valence-corrected chi connectivity index (χ0v) is 17.7. The minimum Gasteiger partial charge on any atom is -0.371 e. The van der Waals surface area contributed by atoms with E-state index in [0.29, 0.717) is 29.7 Å². The number of fused-ring (bicyclic) bond motifs is 1. The molecular formula is C23H39N. The van der Waals surface area contributed by atoms with Crippen LogP contribution in [0, 0.1) is 31.6 Å². The van der Waals surface area contributed by atoms with Gasteiger partial charge in [-0.05, 0) is 79.0 Å². The van der Waals surface area contributed by atoms with Gasteiger partial charge in [0.05, 0.1) is 0 Å². The Hall–Kier alpha value is -0.980. The van der Waals surface area contributed by atoms with Crippen molar-refractivity contribution in [2.45, 2.75) is 86.6 Å². The van der Waals surface area contributed by atoms with Crippen molar-refractivity contribution in [1.29, 1.82) is 0 Å². The summed E-state index contributed by atoms with van der Waals surface area (Å²) in [4.78, 5) is 2.60. The molecule has 0 radical (unpaired) electrons. The minimum absolute atomic E-state index is 0.576. The third-order valence-electron chi connectivity index (χ3n) is 6.93. The number of hydrogen-bond donors (Lipinski definition) is 0. The number of rotatable bonds is 2. The SMILES string of the molecule is Cc1cc(C(C)C)c2c(c1C)N(C)[C@H](C)[C@H](C)[C@H](C)CC2C(C)C. The molecule has 0 fully saturated rings. The number of nitrogens with zero attached hydrogens (tertiary/aromatic N) is 1. The highest BCUT2D eigenvalue weighted by Gasteiger charge is 2.35. The summed E-state index contributed by atoms with van der Waals surface area (Å²) in [5.41, 5.74) is 7.68. The van der Waals surface area contributed by atoms with Crippen molar-refractivity contribution in [3.63, 3.8) is 0 Å². The fourth-order valence-corrected chi connectivity index (χ4v) is 4.64. The van der Waals surface area contributed by atoms with Crippen LogP contribution in [-0.4, -0.2) is 13.1 Å². The van der Waals surface area contributed by atoms with Crippen molar-refractivity contribution < 1.29 is 0 Å². The van der Waals surface area contributed by atoms with Gasteiger partial charge < -0.3 is 4.90 Å². The Labute approximate surface area is 150 Å².